The monoisotopic (exact) mass is 349 g/mol. The van der Waals surface area contributed by atoms with Gasteiger partial charge in [0.15, 0.2) is 0 Å². The number of carbonyl (C=O) groups is 1. The Balaban J connectivity index is 2.18. The molecule has 0 aliphatic heterocycles. The number of nitrogens with two attached hydrogens (primary N) is 1. The number of nitrogens with one attached hydrogen (secondary N) is 1. The highest BCUT2D eigenvalue weighted by molar-refractivity contribution is 9.10. The molecule has 0 aliphatic carbocycles. The van der Waals surface area contributed by atoms with E-state index in [2.05, 4.69) is 26.2 Å². The summed E-state index contributed by atoms with van der Waals surface area (Å²) in [7, 11) is 0. The number of pyridine rings is 1. The van der Waals surface area contributed by atoms with Gasteiger partial charge in [0.1, 0.15) is 0 Å². The molecule has 0 saturated carbocycles. The number of aromatic nitrogens is 1. The number of ether oxygens (including phenoxy) is 1. The SMILES string of the molecule is CCOc1ccc(NC(=O)c2cc(Br)cc(N)c2C)cn1. The quantitative estimate of drug-likeness (QED) is 0.829. The van der Waals surface area contributed by atoms with Crippen molar-refractivity contribution in [3.05, 3.63) is 46.1 Å². The van der Waals surface area contributed by atoms with E-state index in [9.17, 15) is 4.79 Å². The summed E-state index contributed by atoms with van der Waals surface area (Å²) in [5.74, 6) is 0.296. The van der Waals surface area contributed by atoms with Gasteiger partial charge in [0.2, 0.25) is 5.88 Å². The van der Waals surface area contributed by atoms with Gasteiger partial charge in [-0.25, -0.2) is 4.98 Å². The van der Waals surface area contributed by atoms with Gasteiger partial charge < -0.3 is 15.8 Å². The summed E-state index contributed by atoms with van der Waals surface area (Å²) in [6.07, 6.45) is 1.56. The van der Waals surface area contributed by atoms with Gasteiger partial charge in [-0.1, -0.05) is 15.9 Å². The van der Waals surface area contributed by atoms with E-state index in [4.69, 9.17) is 10.5 Å². The molecule has 1 aromatic carbocycles. The van der Waals surface area contributed by atoms with Crippen molar-refractivity contribution in [2.45, 2.75) is 13.8 Å². The van der Waals surface area contributed by atoms with Crippen molar-refractivity contribution in [3.8, 4) is 5.88 Å². The zero-order chi connectivity index (χ0) is 15.4. The van der Waals surface area contributed by atoms with Crippen LogP contribution in [0.25, 0.3) is 0 Å². The first-order chi connectivity index (χ1) is 10.0. The highest BCUT2D eigenvalue weighted by atomic mass is 79.9. The van der Waals surface area contributed by atoms with Crippen LogP contribution in [-0.2, 0) is 0 Å². The number of nitrogen functional groups attached to an aromatic ring is 1. The standard InChI is InChI=1S/C15H16BrN3O2/c1-3-21-14-5-4-11(8-18-14)19-15(20)12-6-10(16)7-13(17)9(12)2/h4-8H,3,17H2,1-2H3,(H,19,20). The molecule has 0 atom stereocenters. The molecule has 3 N–H and O–H groups in total. The molecule has 0 aliphatic rings. The second-order valence-corrected chi connectivity index (χ2v) is 5.36. The van der Waals surface area contributed by atoms with Crippen molar-refractivity contribution < 1.29 is 9.53 Å². The molecule has 110 valence electrons. The minimum Gasteiger partial charge on any atom is -0.478 e. The average Bonchev–Trinajstić information content (AvgIpc) is 2.45. The average molecular weight is 350 g/mol. The van der Waals surface area contributed by atoms with Gasteiger partial charge in [-0.3, -0.25) is 4.79 Å². The Bertz CT molecular complexity index is 657. The number of hydrogen-bond donors (Lipinski definition) is 2. The zero-order valence-electron chi connectivity index (χ0n) is 11.8. The van der Waals surface area contributed by atoms with Crippen LogP contribution in [0.15, 0.2) is 34.9 Å². The van der Waals surface area contributed by atoms with E-state index in [0.29, 0.717) is 29.4 Å². The van der Waals surface area contributed by atoms with Crippen LogP contribution in [0.4, 0.5) is 11.4 Å². The van der Waals surface area contributed by atoms with Crippen molar-refractivity contribution in [3.63, 3.8) is 0 Å². The van der Waals surface area contributed by atoms with E-state index in [1.165, 1.54) is 0 Å². The van der Waals surface area contributed by atoms with E-state index < -0.39 is 0 Å². The predicted octanol–water partition coefficient (Wildman–Crippen LogP) is 3.39. The molecule has 0 radical (unpaired) electrons. The number of rotatable bonds is 4. The van der Waals surface area contributed by atoms with Crippen LogP contribution in [0, 0.1) is 6.92 Å². The third-order valence-corrected chi connectivity index (χ3v) is 3.40. The summed E-state index contributed by atoms with van der Waals surface area (Å²) in [5, 5.41) is 2.79. The molecule has 1 amide bonds. The van der Waals surface area contributed by atoms with Crippen molar-refractivity contribution in [1.29, 1.82) is 0 Å². The lowest BCUT2D eigenvalue weighted by Crippen LogP contribution is -2.14. The highest BCUT2D eigenvalue weighted by Crippen LogP contribution is 2.23. The molecule has 1 aromatic heterocycles. The molecule has 21 heavy (non-hydrogen) atoms. The van der Waals surface area contributed by atoms with Gasteiger partial charge in [0, 0.05) is 21.8 Å². The summed E-state index contributed by atoms with van der Waals surface area (Å²) < 4.78 is 6.02. The van der Waals surface area contributed by atoms with Gasteiger partial charge in [0.05, 0.1) is 18.5 Å². The fraction of sp³-hybridized carbons (Fsp3) is 0.200. The van der Waals surface area contributed by atoms with E-state index in [1.807, 2.05) is 13.8 Å². The Labute approximate surface area is 131 Å². The molecule has 5 nitrogen and oxygen atoms in total. The first-order valence-electron chi connectivity index (χ1n) is 6.47. The Morgan fingerprint density at radius 2 is 2.19 bits per heavy atom. The lowest BCUT2D eigenvalue weighted by atomic mass is 10.1. The van der Waals surface area contributed by atoms with Gasteiger partial charge in [-0.15, -0.1) is 0 Å². The number of amides is 1. The Morgan fingerprint density at radius 1 is 1.43 bits per heavy atom. The minimum absolute atomic E-state index is 0.230. The molecular weight excluding hydrogens is 334 g/mol. The Hall–Kier alpha value is -2.08. The van der Waals surface area contributed by atoms with Crippen LogP contribution in [0.2, 0.25) is 0 Å². The normalized spacial score (nSPS) is 10.2. The van der Waals surface area contributed by atoms with Gasteiger partial charge in [-0.05, 0) is 37.6 Å². The number of nitrogens with zero attached hydrogens (tertiary/aromatic N) is 1. The molecule has 1 heterocycles. The minimum atomic E-state index is -0.230. The van der Waals surface area contributed by atoms with E-state index in [0.717, 1.165) is 10.0 Å². The molecule has 0 bridgehead atoms. The lowest BCUT2D eigenvalue weighted by molar-refractivity contribution is 0.102. The summed E-state index contributed by atoms with van der Waals surface area (Å²) in [4.78, 5) is 16.4. The first-order valence-corrected chi connectivity index (χ1v) is 7.26. The topological polar surface area (TPSA) is 77.2 Å². The molecule has 2 rings (SSSR count). The smallest absolute Gasteiger partial charge is 0.256 e. The summed E-state index contributed by atoms with van der Waals surface area (Å²) in [6, 6.07) is 6.96. The van der Waals surface area contributed by atoms with Gasteiger partial charge >= 0.3 is 0 Å². The summed E-state index contributed by atoms with van der Waals surface area (Å²) in [5.41, 5.74) is 8.30. The lowest BCUT2D eigenvalue weighted by Gasteiger charge is -2.10. The predicted molar refractivity (Wildman–Crippen MR) is 86.7 cm³/mol. The second kappa shape index (κ2) is 6.58. The van der Waals surface area contributed by atoms with Crippen LogP contribution < -0.4 is 15.8 Å². The van der Waals surface area contributed by atoms with E-state index in [1.54, 1.807) is 30.5 Å². The third-order valence-electron chi connectivity index (χ3n) is 2.94. The number of benzene rings is 1. The van der Waals surface area contributed by atoms with Crippen LogP contribution in [-0.4, -0.2) is 17.5 Å². The number of anilines is 2. The maximum Gasteiger partial charge on any atom is 0.256 e. The Kier molecular flexibility index (Phi) is 4.80. The number of halogens is 1. The third kappa shape index (κ3) is 3.72. The van der Waals surface area contributed by atoms with Crippen LogP contribution in [0.3, 0.4) is 0 Å². The largest absolute Gasteiger partial charge is 0.478 e. The highest BCUT2D eigenvalue weighted by Gasteiger charge is 2.12. The molecular formula is C15H16BrN3O2. The summed E-state index contributed by atoms with van der Waals surface area (Å²) >= 11 is 3.34. The molecule has 2 aromatic rings. The summed E-state index contributed by atoms with van der Waals surface area (Å²) in [6.45, 7) is 4.25. The van der Waals surface area contributed by atoms with Crippen molar-refractivity contribution in [2.24, 2.45) is 0 Å². The molecule has 0 fully saturated rings. The molecule has 0 unspecified atom stereocenters. The van der Waals surface area contributed by atoms with Crippen LogP contribution >= 0.6 is 15.9 Å². The van der Waals surface area contributed by atoms with Crippen molar-refractivity contribution in [1.82, 2.24) is 4.98 Å². The zero-order valence-corrected chi connectivity index (χ0v) is 13.4. The first kappa shape index (κ1) is 15.3. The fourth-order valence-electron chi connectivity index (χ4n) is 1.82. The van der Waals surface area contributed by atoms with Crippen LogP contribution in [0.5, 0.6) is 5.88 Å². The van der Waals surface area contributed by atoms with Gasteiger partial charge in [-0.2, -0.15) is 0 Å². The Morgan fingerprint density at radius 3 is 2.81 bits per heavy atom. The van der Waals surface area contributed by atoms with Crippen LogP contribution in [0.1, 0.15) is 22.8 Å². The van der Waals surface area contributed by atoms with E-state index in [-0.39, 0.29) is 5.91 Å². The van der Waals surface area contributed by atoms with Crippen molar-refractivity contribution >= 4 is 33.2 Å². The maximum atomic E-state index is 12.3. The fourth-order valence-corrected chi connectivity index (χ4v) is 2.30. The maximum absolute atomic E-state index is 12.3. The number of hydrogen-bond acceptors (Lipinski definition) is 4. The van der Waals surface area contributed by atoms with E-state index >= 15 is 0 Å². The molecule has 0 spiro atoms. The van der Waals surface area contributed by atoms with Crippen molar-refractivity contribution in [2.75, 3.05) is 17.7 Å². The molecule has 6 heteroatoms. The second-order valence-electron chi connectivity index (χ2n) is 4.44. The number of carbonyl (C=O) groups excluding carboxylic acids is 1. The van der Waals surface area contributed by atoms with Gasteiger partial charge in [0.25, 0.3) is 5.91 Å². The molecule has 0 saturated heterocycles.